The number of hydrogen-bond acceptors (Lipinski definition) is 4. The molecule has 2 aromatic carbocycles. The van der Waals surface area contributed by atoms with Gasteiger partial charge in [-0.15, -0.1) is 0 Å². The maximum atomic E-state index is 13.9. The third kappa shape index (κ3) is 3.89. The van der Waals surface area contributed by atoms with Crippen LogP contribution in [0.2, 0.25) is 0 Å². The van der Waals surface area contributed by atoms with Crippen LogP contribution in [0.4, 0.5) is 10.5 Å². The Balaban J connectivity index is 2.24. The molecule has 0 fully saturated rings. The predicted molar refractivity (Wildman–Crippen MR) is 117 cm³/mol. The molecule has 1 aliphatic rings. The average Bonchev–Trinajstić information content (AvgIpc) is 2.87. The summed E-state index contributed by atoms with van der Waals surface area (Å²) >= 11 is 0. The van der Waals surface area contributed by atoms with Gasteiger partial charge in [0.1, 0.15) is 16.8 Å². The molecule has 0 saturated heterocycles. The number of nitrogens with zero attached hydrogens (tertiary/aromatic N) is 1. The van der Waals surface area contributed by atoms with Crippen LogP contribution >= 0.6 is 0 Å². The molecule has 158 valence electrons. The molecule has 0 aromatic heterocycles. The molecule has 2 amide bonds. The summed E-state index contributed by atoms with van der Waals surface area (Å²) in [6.07, 6.45) is -0.177. The Kier molecular flexibility index (Phi) is 5.59. The van der Waals surface area contributed by atoms with Crippen molar-refractivity contribution >= 4 is 23.5 Å². The van der Waals surface area contributed by atoms with Crippen molar-refractivity contribution in [1.82, 2.24) is 0 Å². The summed E-state index contributed by atoms with van der Waals surface area (Å²) in [5, 5.41) is 0. The van der Waals surface area contributed by atoms with Crippen LogP contribution in [0.3, 0.4) is 0 Å². The predicted octanol–water partition coefficient (Wildman–Crippen LogP) is 5.24. The molecule has 5 heteroatoms. The zero-order valence-electron chi connectivity index (χ0n) is 18.5. The molecule has 0 aliphatic carbocycles. The van der Waals surface area contributed by atoms with Gasteiger partial charge in [-0.25, -0.2) is 9.69 Å². The second-order valence-corrected chi connectivity index (χ2v) is 9.11. The van der Waals surface area contributed by atoms with E-state index in [0.29, 0.717) is 12.1 Å². The Morgan fingerprint density at radius 2 is 1.60 bits per heavy atom. The molecular weight excluding hydrogens is 378 g/mol. The van der Waals surface area contributed by atoms with Crippen LogP contribution in [-0.2, 0) is 19.7 Å². The van der Waals surface area contributed by atoms with E-state index in [1.165, 1.54) is 6.92 Å². The van der Waals surface area contributed by atoms with Crippen molar-refractivity contribution in [3.05, 3.63) is 64.7 Å². The average molecular weight is 408 g/mol. The number of amides is 2. The second-order valence-electron chi connectivity index (χ2n) is 9.11. The van der Waals surface area contributed by atoms with E-state index in [4.69, 9.17) is 4.74 Å². The number of carbonyl (C=O) groups excluding carboxylic acids is 3. The minimum Gasteiger partial charge on any atom is -0.443 e. The number of imide groups is 1. The lowest BCUT2D eigenvalue weighted by Crippen LogP contribution is -2.46. The zero-order chi connectivity index (χ0) is 22.3. The summed E-state index contributed by atoms with van der Waals surface area (Å²) in [7, 11) is 0. The van der Waals surface area contributed by atoms with Gasteiger partial charge < -0.3 is 9.53 Å². The molecule has 0 bridgehead atoms. The smallest absolute Gasteiger partial charge is 0.421 e. The molecular formula is C25H29NO4. The summed E-state index contributed by atoms with van der Waals surface area (Å²) in [4.78, 5) is 40.0. The molecule has 1 aliphatic heterocycles. The number of rotatable bonds is 4. The van der Waals surface area contributed by atoms with Crippen molar-refractivity contribution in [2.75, 3.05) is 4.90 Å². The fourth-order valence-corrected chi connectivity index (χ4v) is 3.96. The quantitative estimate of drug-likeness (QED) is 0.695. The Hall–Kier alpha value is -2.95. The molecule has 5 nitrogen and oxygen atoms in total. The van der Waals surface area contributed by atoms with Gasteiger partial charge in [0.05, 0.1) is 5.69 Å². The minimum absolute atomic E-state index is 0.000734. The molecule has 0 saturated carbocycles. The standard InChI is InChI=1S/C25H29NO4/c1-16-7-10-19(11-8-16)25(14-13-18(3)27)20-15-17(2)9-12-21(20)26(22(25)28)23(29)30-24(4,5)6/h7-12,15H,13-14H2,1-6H3/t25-/m1/s1. The Labute approximate surface area is 178 Å². The van der Waals surface area contributed by atoms with Gasteiger partial charge in [0.2, 0.25) is 0 Å². The zero-order valence-corrected chi connectivity index (χ0v) is 18.5. The molecule has 3 rings (SSSR count). The number of hydrogen-bond donors (Lipinski definition) is 0. The van der Waals surface area contributed by atoms with E-state index < -0.39 is 17.1 Å². The van der Waals surface area contributed by atoms with Crippen LogP contribution in [0.5, 0.6) is 0 Å². The van der Waals surface area contributed by atoms with Crippen molar-refractivity contribution in [3.63, 3.8) is 0 Å². The van der Waals surface area contributed by atoms with Crippen molar-refractivity contribution in [2.45, 2.75) is 65.4 Å². The number of ketones is 1. The highest BCUT2D eigenvalue weighted by molar-refractivity contribution is 6.22. The molecule has 0 unspecified atom stereocenters. The van der Waals surface area contributed by atoms with Crippen molar-refractivity contribution < 1.29 is 19.1 Å². The van der Waals surface area contributed by atoms with E-state index in [9.17, 15) is 14.4 Å². The summed E-state index contributed by atoms with van der Waals surface area (Å²) < 4.78 is 5.55. The molecule has 2 aromatic rings. The SMILES string of the molecule is CC(=O)CC[C@]1(c2ccc(C)cc2)C(=O)N(C(=O)OC(C)(C)C)c2ccc(C)cc21. The Morgan fingerprint density at radius 1 is 1.00 bits per heavy atom. The van der Waals surface area contributed by atoms with E-state index in [1.54, 1.807) is 26.8 Å². The second kappa shape index (κ2) is 7.71. The van der Waals surface area contributed by atoms with Gasteiger partial charge >= 0.3 is 6.09 Å². The van der Waals surface area contributed by atoms with E-state index in [1.807, 2.05) is 50.2 Å². The van der Waals surface area contributed by atoms with Crippen LogP contribution < -0.4 is 4.90 Å². The highest BCUT2D eigenvalue weighted by Crippen LogP contribution is 2.49. The maximum Gasteiger partial charge on any atom is 0.421 e. The van der Waals surface area contributed by atoms with Crippen LogP contribution in [-0.4, -0.2) is 23.4 Å². The first-order valence-corrected chi connectivity index (χ1v) is 10.2. The maximum absolute atomic E-state index is 13.9. The van der Waals surface area contributed by atoms with Gasteiger partial charge in [-0.3, -0.25) is 4.79 Å². The van der Waals surface area contributed by atoms with E-state index in [0.717, 1.165) is 27.2 Å². The van der Waals surface area contributed by atoms with Gasteiger partial charge in [0, 0.05) is 6.42 Å². The molecule has 0 N–H and O–H groups in total. The van der Waals surface area contributed by atoms with E-state index in [-0.39, 0.29) is 18.1 Å². The molecule has 0 spiro atoms. The number of fused-ring (bicyclic) bond motifs is 1. The van der Waals surface area contributed by atoms with Crippen molar-refractivity contribution in [1.29, 1.82) is 0 Å². The number of anilines is 1. The lowest BCUT2D eigenvalue weighted by Gasteiger charge is -2.30. The molecule has 0 radical (unpaired) electrons. The summed E-state index contributed by atoms with van der Waals surface area (Å²) in [6, 6.07) is 13.3. The Morgan fingerprint density at radius 3 is 2.17 bits per heavy atom. The lowest BCUT2D eigenvalue weighted by atomic mass is 9.71. The largest absolute Gasteiger partial charge is 0.443 e. The van der Waals surface area contributed by atoms with Gasteiger partial charge in [-0.2, -0.15) is 0 Å². The highest BCUT2D eigenvalue weighted by atomic mass is 16.6. The number of benzene rings is 2. The minimum atomic E-state index is -1.11. The number of carbonyl (C=O) groups is 3. The van der Waals surface area contributed by atoms with Gasteiger partial charge in [0.15, 0.2) is 0 Å². The van der Waals surface area contributed by atoms with Crippen LogP contribution in [0.1, 0.15) is 62.8 Å². The third-order valence-corrected chi connectivity index (χ3v) is 5.39. The van der Waals surface area contributed by atoms with Crippen molar-refractivity contribution in [2.24, 2.45) is 0 Å². The van der Waals surface area contributed by atoms with E-state index >= 15 is 0 Å². The van der Waals surface area contributed by atoms with Gasteiger partial charge in [-0.05, 0) is 65.2 Å². The summed E-state index contributed by atoms with van der Waals surface area (Å²) in [6.45, 7) is 10.8. The van der Waals surface area contributed by atoms with E-state index in [2.05, 4.69) is 0 Å². The molecule has 1 heterocycles. The summed E-state index contributed by atoms with van der Waals surface area (Å²) in [5.74, 6) is -0.373. The number of aryl methyl sites for hydroxylation is 2. The monoisotopic (exact) mass is 407 g/mol. The third-order valence-electron chi connectivity index (χ3n) is 5.39. The molecule has 30 heavy (non-hydrogen) atoms. The normalized spacial score (nSPS) is 18.3. The first kappa shape index (κ1) is 21.8. The van der Waals surface area contributed by atoms with Crippen LogP contribution in [0.15, 0.2) is 42.5 Å². The van der Waals surface area contributed by atoms with Gasteiger partial charge in [0.25, 0.3) is 5.91 Å². The van der Waals surface area contributed by atoms with Crippen LogP contribution in [0, 0.1) is 13.8 Å². The van der Waals surface area contributed by atoms with Crippen molar-refractivity contribution in [3.8, 4) is 0 Å². The lowest BCUT2D eigenvalue weighted by molar-refractivity contribution is -0.122. The van der Waals surface area contributed by atoms with Gasteiger partial charge in [-0.1, -0.05) is 47.5 Å². The highest BCUT2D eigenvalue weighted by Gasteiger charge is 2.54. The van der Waals surface area contributed by atoms with Crippen LogP contribution in [0.25, 0.3) is 0 Å². The number of ether oxygens (including phenoxy) is 1. The number of Topliss-reactive ketones (excluding diaryl/α,β-unsaturated/α-hetero) is 1. The topological polar surface area (TPSA) is 63.7 Å². The summed E-state index contributed by atoms with van der Waals surface area (Å²) in [5.41, 5.74) is 2.23. The first-order chi connectivity index (χ1) is 14.0. The first-order valence-electron chi connectivity index (χ1n) is 10.2. The molecule has 1 atom stereocenters. The fourth-order valence-electron chi connectivity index (χ4n) is 3.96. The fraction of sp³-hybridized carbons (Fsp3) is 0.400. The Bertz CT molecular complexity index is 1000.